The van der Waals surface area contributed by atoms with Gasteiger partial charge in [-0.3, -0.25) is 13.9 Å². The standard InChI is InChI=1S/C15H18N4O2/c1-16-10-17(2)13-12(16)14(20)19(15(21)18(13)3)9-11-7-5-4-6-8-11/h4-8H,9-10H2,1-3H3. The highest BCUT2D eigenvalue weighted by Crippen LogP contribution is 2.28. The van der Waals surface area contributed by atoms with Gasteiger partial charge in [0.05, 0.1) is 13.2 Å². The zero-order chi connectivity index (χ0) is 15.1. The quantitative estimate of drug-likeness (QED) is 0.804. The molecule has 1 aromatic carbocycles. The molecular formula is C15H18N4O2. The molecule has 110 valence electrons. The van der Waals surface area contributed by atoms with Gasteiger partial charge in [0.25, 0.3) is 5.56 Å². The number of hydrogen-bond donors (Lipinski definition) is 0. The van der Waals surface area contributed by atoms with E-state index in [1.54, 1.807) is 11.6 Å². The maximum Gasteiger partial charge on any atom is 0.332 e. The third-order valence-corrected chi connectivity index (χ3v) is 3.85. The Labute approximate surface area is 122 Å². The zero-order valence-electron chi connectivity index (χ0n) is 12.4. The molecule has 0 spiro atoms. The zero-order valence-corrected chi connectivity index (χ0v) is 12.4. The van der Waals surface area contributed by atoms with E-state index in [1.165, 1.54) is 4.57 Å². The third kappa shape index (κ3) is 2.03. The second-order valence-corrected chi connectivity index (χ2v) is 5.43. The molecule has 0 N–H and O–H groups in total. The van der Waals surface area contributed by atoms with E-state index < -0.39 is 0 Å². The second kappa shape index (κ2) is 4.80. The van der Waals surface area contributed by atoms with Gasteiger partial charge >= 0.3 is 5.69 Å². The van der Waals surface area contributed by atoms with Gasteiger partial charge in [0, 0.05) is 21.1 Å². The van der Waals surface area contributed by atoms with Crippen LogP contribution < -0.4 is 21.0 Å². The summed E-state index contributed by atoms with van der Waals surface area (Å²) in [6.45, 7) is 0.893. The number of fused-ring (bicyclic) bond motifs is 1. The summed E-state index contributed by atoms with van der Waals surface area (Å²) in [6.07, 6.45) is 0. The molecule has 1 aromatic heterocycles. The van der Waals surface area contributed by atoms with Crippen LogP contribution in [0.25, 0.3) is 0 Å². The molecule has 21 heavy (non-hydrogen) atoms. The number of nitrogens with zero attached hydrogens (tertiary/aromatic N) is 4. The minimum absolute atomic E-state index is 0.233. The number of benzene rings is 1. The van der Waals surface area contributed by atoms with Crippen molar-refractivity contribution in [3.8, 4) is 0 Å². The average molecular weight is 286 g/mol. The second-order valence-electron chi connectivity index (χ2n) is 5.43. The van der Waals surface area contributed by atoms with Gasteiger partial charge in [-0.1, -0.05) is 30.3 Å². The van der Waals surface area contributed by atoms with Crippen LogP contribution in [0.5, 0.6) is 0 Å². The van der Waals surface area contributed by atoms with Crippen LogP contribution in [0, 0.1) is 0 Å². The molecule has 2 aromatic rings. The Balaban J connectivity index is 2.20. The molecule has 0 bridgehead atoms. The number of hydrogen-bond acceptors (Lipinski definition) is 4. The lowest BCUT2D eigenvalue weighted by molar-refractivity contribution is 0.644. The lowest BCUT2D eigenvalue weighted by atomic mass is 10.2. The normalized spacial score (nSPS) is 13.7. The molecule has 6 nitrogen and oxygen atoms in total. The van der Waals surface area contributed by atoms with Gasteiger partial charge in [-0.05, 0) is 5.56 Å². The van der Waals surface area contributed by atoms with Crippen LogP contribution >= 0.6 is 0 Å². The SMILES string of the molecule is CN1CN(C)c2c1c(=O)n(Cc1ccccc1)c(=O)n2C. The summed E-state index contributed by atoms with van der Waals surface area (Å²) >= 11 is 0. The first-order chi connectivity index (χ1) is 10.0. The molecule has 0 aliphatic carbocycles. The minimum Gasteiger partial charge on any atom is -0.349 e. The Hall–Kier alpha value is -2.50. The van der Waals surface area contributed by atoms with E-state index in [-0.39, 0.29) is 17.8 Å². The minimum atomic E-state index is -0.287. The first kappa shape index (κ1) is 13.5. The fraction of sp³-hybridized carbons (Fsp3) is 0.333. The van der Waals surface area contributed by atoms with Crippen molar-refractivity contribution in [3.63, 3.8) is 0 Å². The molecule has 6 heteroatoms. The van der Waals surface area contributed by atoms with Crippen molar-refractivity contribution in [1.29, 1.82) is 0 Å². The molecule has 1 aliphatic rings. The van der Waals surface area contributed by atoms with Crippen LogP contribution in [-0.2, 0) is 13.6 Å². The van der Waals surface area contributed by atoms with Gasteiger partial charge in [0.2, 0.25) is 0 Å². The van der Waals surface area contributed by atoms with E-state index in [4.69, 9.17) is 0 Å². The summed E-state index contributed by atoms with van der Waals surface area (Å²) in [5.41, 5.74) is 0.995. The van der Waals surface area contributed by atoms with Crippen LogP contribution in [0.1, 0.15) is 5.56 Å². The van der Waals surface area contributed by atoms with Gasteiger partial charge in [-0.2, -0.15) is 0 Å². The molecule has 0 atom stereocenters. The average Bonchev–Trinajstić information content (AvgIpc) is 2.77. The van der Waals surface area contributed by atoms with Crippen molar-refractivity contribution < 1.29 is 0 Å². The molecule has 3 rings (SSSR count). The van der Waals surface area contributed by atoms with Crippen LogP contribution in [0.3, 0.4) is 0 Å². The highest BCUT2D eigenvalue weighted by Gasteiger charge is 2.28. The smallest absolute Gasteiger partial charge is 0.332 e. The van der Waals surface area contributed by atoms with Crippen molar-refractivity contribution in [3.05, 3.63) is 56.7 Å². The summed E-state index contributed by atoms with van der Waals surface area (Å²) in [4.78, 5) is 28.9. The van der Waals surface area contributed by atoms with Gasteiger partial charge < -0.3 is 9.80 Å². The molecule has 0 saturated carbocycles. The molecule has 2 heterocycles. The van der Waals surface area contributed by atoms with Crippen molar-refractivity contribution >= 4 is 11.5 Å². The highest BCUT2D eigenvalue weighted by molar-refractivity contribution is 5.71. The molecule has 0 saturated heterocycles. The fourth-order valence-corrected chi connectivity index (χ4v) is 2.87. The summed E-state index contributed by atoms with van der Waals surface area (Å²) in [6, 6.07) is 9.54. The number of aromatic nitrogens is 2. The lowest BCUT2D eigenvalue weighted by Crippen LogP contribution is -2.41. The third-order valence-electron chi connectivity index (χ3n) is 3.85. The summed E-state index contributed by atoms with van der Waals surface area (Å²) in [5.74, 6) is 0.678. The van der Waals surface area contributed by atoms with Crippen molar-refractivity contribution in [1.82, 2.24) is 9.13 Å². The van der Waals surface area contributed by atoms with Gasteiger partial charge in [0.1, 0.15) is 11.5 Å². The largest absolute Gasteiger partial charge is 0.349 e. The summed E-state index contributed by atoms with van der Waals surface area (Å²) in [7, 11) is 5.45. The van der Waals surface area contributed by atoms with E-state index >= 15 is 0 Å². The predicted octanol–water partition coefficient (Wildman–Crippen LogP) is 0.439. The van der Waals surface area contributed by atoms with Crippen molar-refractivity contribution in [2.24, 2.45) is 7.05 Å². The fourth-order valence-electron chi connectivity index (χ4n) is 2.87. The van der Waals surface area contributed by atoms with Gasteiger partial charge in [-0.15, -0.1) is 0 Å². The Kier molecular flexibility index (Phi) is 3.08. The van der Waals surface area contributed by atoms with Crippen LogP contribution in [0.4, 0.5) is 11.5 Å². The van der Waals surface area contributed by atoms with Crippen LogP contribution in [0.15, 0.2) is 39.9 Å². The lowest BCUT2D eigenvalue weighted by Gasteiger charge is -2.15. The predicted molar refractivity (Wildman–Crippen MR) is 83.2 cm³/mol. The van der Waals surface area contributed by atoms with Crippen LogP contribution in [-0.4, -0.2) is 29.9 Å². The van der Waals surface area contributed by atoms with Crippen molar-refractivity contribution in [2.75, 3.05) is 30.6 Å². The van der Waals surface area contributed by atoms with E-state index in [9.17, 15) is 9.59 Å². The Morgan fingerprint density at radius 3 is 2.33 bits per heavy atom. The Bertz CT molecular complexity index is 792. The Morgan fingerprint density at radius 1 is 1.00 bits per heavy atom. The van der Waals surface area contributed by atoms with Gasteiger partial charge in [0.15, 0.2) is 0 Å². The van der Waals surface area contributed by atoms with Crippen molar-refractivity contribution in [2.45, 2.75) is 6.54 Å². The maximum absolute atomic E-state index is 12.7. The topological polar surface area (TPSA) is 50.5 Å². The van der Waals surface area contributed by atoms with E-state index in [1.807, 2.05) is 54.2 Å². The summed E-state index contributed by atoms with van der Waals surface area (Å²) in [5, 5.41) is 0. The van der Waals surface area contributed by atoms with Gasteiger partial charge in [-0.25, -0.2) is 4.79 Å². The molecule has 0 fully saturated rings. The molecule has 0 radical (unpaired) electrons. The van der Waals surface area contributed by atoms with E-state index in [0.717, 1.165) is 5.56 Å². The number of anilines is 2. The van der Waals surface area contributed by atoms with E-state index in [2.05, 4.69) is 0 Å². The molecular weight excluding hydrogens is 268 g/mol. The van der Waals surface area contributed by atoms with E-state index in [0.29, 0.717) is 18.2 Å². The highest BCUT2D eigenvalue weighted by atomic mass is 16.2. The first-order valence-electron chi connectivity index (χ1n) is 6.80. The summed E-state index contributed by atoms with van der Waals surface area (Å²) < 4.78 is 2.84. The first-order valence-corrected chi connectivity index (χ1v) is 6.80. The molecule has 0 unspecified atom stereocenters. The number of rotatable bonds is 2. The monoisotopic (exact) mass is 286 g/mol. The van der Waals surface area contributed by atoms with Crippen LogP contribution in [0.2, 0.25) is 0 Å². The Morgan fingerprint density at radius 2 is 1.67 bits per heavy atom. The maximum atomic E-state index is 12.7. The molecule has 1 aliphatic heterocycles. The molecule has 0 amide bonds.